The summed E-state index contributed by atoms with van der Waals surface area (Å²) in [6.07, 6.45) is -0.574. The van der Waals surface area contributed by atoms with Gasteiger partial charge in [-0.15, -0.1) is 0 Å². The summed E-state index contributed by atoms with van der Waals surface area (Å²) in [6, 6.07) is 26.4. The molecule has 1 atom stereocenters. The minimum absolute atomic E-state index is 0.574. The van der Waals surface area contributed by atoms with Crippen molar-refractivity contribution in [2.24, 2.45) is 0 Å². The minimum atomic E-state index is -0.574. The molecule has 0 unspecified atom stereocenters. The third kappa shape index (κ3) is 3.04. The largest absolute Gasteiger partial charge is 0.384 e. The van der Waals surface area contributed by atoms with Crippen LogP contribution in [-0.2, 0) is 0 Å². The zero-order valence-electron chi connectivity index (χ0n) is 12.0. The maximum Gasteiger partial charge on any atom is 0.104 e. The van der Waals surface area contributed by atoms with Gasteiger partial charge in [0.15, 0.2) is 0 Å². The first-order valence-electron chi connectivity index (χ1n) is 7.14. The van der Waals surface area contributed by atoms with Crippen LogP contribution in [0.5, 0.6) is 0 Å². The maximum atomic E-state index is 10.4. The van der Waals surface area contributed by atoms with Gasteiger partial charge in [-0.25, -0.2) is 0 Å². The Morgan fingerprint density at radius 1 is 0.619 bits per heavy atom. The molecule has 3 aromatic rings. The van der Waals surface area contributed by atoms with Crippen molar-refractivity contribution in [3.63, 3.8) is 0 Å². The molecule has 1 N–H and O–H groups in total. The van der Waals surface area contributed by atoms with Crippen LogP contribution in [0, 0.1) is 6.92 Å². The molecule has 1 heteroatoms. The summed E-state index contributed by atoms with van der Waals surface area (Å²) in [5.41, 5.74) is 5.39. The highest BCUT2D eigenvalue weighted by Crippen LogP contribution is 2.25. The molecule has 0 amide bonds. The van der Waals surface area contributed by atoms with E-state index in [9.17, 15) is 5.11 Å². The molecule has 104 valence electrons. The second-order valence-electron chi connectivity index (χ2n) is 5.30. The third-order valence-electron chi connectivity index (χ3n) is 3.73. The van der Waals surface area contributed by atoms with Crippen LogP contribution in [0.2, 0.25) is 0 Å². The van der Waals surface area contributed by atoms with Crippen molar-refractivity contribution in [3.05, 3.63) is 95.6 Å². The lowest BCUT2D eigenvalue weighted by atomic mass is 9.98. The average Bonchev–Trinajstić information content (AvgIpc) is 2.56. The van der Waals surface area contributed by atoms with Crippen LogP contribution in [-0.4, -0.2) is 5.11 Å². The predicted octanol–water partition coefficient (Wildman–Crippen LogP) is 4.74. The summed E-state index contributed by atoms with van der Waals surface area (Å²) in [5, 5.41) is 10.4. The van der Waals surface area contributed by atoms with Gasteiger partial charge >= 0.3 is 0 Å². The first-order valence-corrected chi connectivity index (χ1v) is 7.14. The number of hydrogen-bond donors (Lipinski definition) is 1. The molecule has 0 fully saturated rings. The third-order valence-corrected chi connectivity index (χ3v) is 3.73. The molecule has 0 bridgehead atoms. The molecule has 0 heterocycles. The lowest BCUT2D eigenvalue weighted by Crippen LogP contribution is -1.99. The molecular weight excluding hydrogens is 256 g/mol. The highest BCUT2D eigenvalue weighted by Gasteiger charge is 2.10. The van der Waals surface area contributed by atoms with Crippen LogP contribution in [0.25, 0.3) is 11.1 Å². The van der Waals surface area contributed by atoms with E-state index in [1.54, 1.807) is 0 Å². The van der Waals surface area contributed by atoms with Crippen LogP contribution in [0.3, 0.4) is 0 Å². The molecule has 0 saturated heterocycles. The Bertz CT molecular complexity index is 697. The van der Waals surface area contributed by atoms with E-state index < -0.39 is 6.10 Å². The molecule has 21 heavy (non-hydrogen) atoms. The fourth-order valence-corrected chi connectivity index (χ4v) is 2.43. The summed E-state index contributed by atoms with van der Waals surface area (Å²) in [7, 11) is 0. The van der Waals surface area contributed by atoms with Gasteiger partial charge in [0.25, 0.3) is 0 Å². The molecule has 0 aliphatic rings. The van der Waals surface area contributed by atoms with Crippen LogP contribution >= 0.6 is 0 Å². The van der Waals surface area contributed by atoms with Crippen LogP contribution in [0.4, 0.5) is 0 Å². The van der Waals surface area contributed by atoms with Gasteiger partial charge in [0, 0.05) is 0 Å². The van der Waals surface area contributed by atoms with E-state index in [0.717, 1.165) is 16.7 Å². The van der Waals surface area contributed by atoms with E-state index in [1.807, 2.05) is 61.5 Å². The molecule has 3 rings (SSSR count). The molecule has 0 aliphatic carbocycles. The Balaban J connectivity index is 1.85. The van der Waals surface area contributed by atoms with E-state index in [1.165, 1.54) is 11.1 Å². The van der Waals surface area contributed by atoms with Crippen molar-refractivity contribution in [1.82, 2.24) is 0 Å². The number of aryl methyl sites for hydroxylation is 1. The Labute approximate surface area is 125 Å². The van der Waals surface area contributed by atoms with Gasteiger partial charge in [-0.3, -0.25) is 0 Å². The molecule has 1 nitrogen and oxygen atoms in total. The van der Waals surface area contributed by atoms with Gasteiger partial charge in [-0.1, -0.05) is 84.4 Å². The first-order chi connectivity index (χ1) is 10.2. The quantitative estimate of drug-likeness (QED) is 0.731. The maximum absolute atomic E-state index is 10.4. The topological polar surface area (TPSA) is 20.2 Å². The minimum Gasteiger partial charge on any atom is -0.384 e. The molecule has 0 spiro atoms. The van der Waals surface area contributed by atoms with Crippen molar-refractivity contribution in [2.45, 2.75) is 13.0 Å². The van der Waals surface area contributed by atoms with Crippen molar-refractivity contribution in [1.29, 1.82) is 0 Å². The van der Waals surface area contributed by atoms with Gasteiger partial charge in [0.2, 0.25) is 0 Å². The highest BCUT2D eigenvalue weighted by atomic mass is 16.3. The van der Waals surface area contributed by atoms with Crippen LogP contribution < -0.4 is 0 Å². The van der Waals surface area contributed by atoms with Gasteiger partial charge in [0.1, 0.15) is 6.10 Å². The first kappa shape index (κ1) is 13.6. The highest BCUT2D eigenvalue weighted by molar-refractivity contribution is 5.63. The van der Waals surface area contributed by atoms with Crippen molar-refractivity contribution < 1.29 is 5.11 Å². The molecular formula is C20H18O. The SMILES string of the molecule is Cc1ccc([C@H](O)c2ccc(-c3ccccc3)cc2)cc1. The van der Waals surface area contributed by atoms with Crippen molar-refractivity contribution in [2.75, 3.05) is 0 Å². The predicted molar refractivity (Wildman–Crippen MR) is 87.1 cm³/mol. The molecule has 0 saturated carbocycles. The molecule has 0 aliphatic heterocycles. The standard InChI is InChI=1S/C20H18O/c1-15-7-9-18(10-8-15)20(21)19-13-11-17(12-14-19)16-5-3-2-4-6-16/h2-14,20-21H,1H3/t20-/m0/s1. The van der Waals surface area contributed by atoms with E-state index in [4.69, 9.17) is 0 Å². The number of hydrogen-bond acceptors (Lipinski definition) is 1. The molecule has 0 aromatic heterocycles. The van der Waals surface area contributed by atoms with Gasteiger partial charge in [-0.2, -0.15) is 0 Å². The second kappa shape index (κ2) is 5.94. The Morgan fingerprint density at radius 2 is 1.10 bits per heavy atom. The summed E-state index contributed by atoms with van der Waals surface area (Å²) in [6.45, 7) is 2.05. The van der Waals surface area contributed by atoms with E-state index in [0.29, 0.717) is 0 Å². The van der Waals surface area contributed by atoms with Gasteiger partial charge in [0.05, 0.1) is 0 Å². The Hall–Kier alpha value is -2.38. The average molecular weight is 274 g/mol. The number of aliphatic hydroxyl groups is 1. The van der Waals surface area contributed by atoms with E-state index >= 15 is 0 Å². The Morgan fingerprint density at radius 3 is 1.67 bits per heavy atom. The molecule has 0 radical (unpaired) electrons. The lowest BCUT2D eigenvalue weighted by Gasteiger charge is -2.12. The number of rotatable bonds is 3. The van der Waals surface area contributed by atoms with Crippen LogP contribution in [0.15, 0.2) is 78.9 Å². The van der Waals surface area contributed by atoms with Crippen molar-refractivity contribution in [3.8, 4) is 11.1 Å². The molecule has 3 aromatic carbocycles. The normalized spacial score (nSPS) is 12.1. The van der Waals surface area contributed by atoms with Gasteiger partial charge in [-0.05, 0) is 29.2 Å². The fourth-order valence-electron chi connectivity index (χ4n) is 2.43. The zero-order chi connectivity index (χ0) is 14.7. The fraction of sp³-hybridized carbons (Fsp3) is 0.100. The van der Waals surface area contributed by atoms with Crippen molar-refractivity contribution >= 4 is 0 Å². The number of aliphatic hydroxyl groups excluding tert-OH is 1. The summed E-state index contributed by atoms with van der Waals surface area (Å²) < 4.78 is 0. The van der Waals surface area contributed by atoms with E-state index in [2.05, 4.69) is 24.3 Å². The monoisotopic (exact) mass is 274 g/mol. The second-order valence-corrected chi connectivity index (χ2v) is 5.30. The Kier molecular flexibility index (Phi) is 3.85. The van der Waals surface area contributed by atoms with Gasteiger partial charge < -0.3 is 5.11 Å². The summed E-state index contributed by atoms with van der Waals surface area (Å²) in [5.74, 6) is 0. The van der Waals surface area contributed by atoms with Crippen LogP contribution in [0.1, 0.15) is 22.8 Å². The smallest absolute Gasteiger partial charge is 0.104 e. The van der Waals surface area contributed by atoms with E-state index in [-0.39, 0.29) is 0 Å². The zero-order valence-corrected chi connectivity index (χ0v) is 12.0. The summed E-state index contributed by atoms with van der Waals surface area (Å²) >= 11 is 0. The lowest BCUT2D eigenvalue weighted by molar-refractivity contribution is 0.220. The summed E-state index contributed by atoms with van der Waals surface area (Å²) in [4.78, 5) is 0. The number of benzene rings is 3.